The van der Waals surface area contributed by atoms with Crippen molar-refractivity contribution < 1.29 is 18.7 Å². The summed E-state index contributed by atoms with van der Waals surface area (Å²) < 4.78 is 10.9. The molecule has 0 bridgehead atoms. The molecule has 3 rings (SSSR count). The summed E-state index contributed by atoms with van der Waals surface area (Å²) in [5.74, 6) is -0.932. The van der Waals surface area contributed by atoms with Crippen molar-refractivity contribution in [2.45, 2.75) is 70.9 Å². The second-order valence-electron chi connectivity index (χ2n) is 7.75. The Kier molecular flexibility index (Phi) is 5.73. The lowest BCUT2D eigenvalue weighted by Gasteiger charge is -2.32. The fourth-order valence-corrected chi connectivity index (χ4v) is 3.68. The lowest BCUT2D eigenvalue weighted by molar-refractivity contribution is -0.154. The van der Waals surface area contributed by atoms with E-state index in [1.54, 1.807) is 6.26 Å². The summed E-state index contributed by atoms with van der Waals surface area (Å²) in [7, 11) is 0. The minimum absolute atomic E-state index is 0.0243. The third-order valence-corrected chi connectivity index (χ3v) is 5.57. The van der Waals surface area contributed by atoms with Crippen molar-refractivity contribution in [3.05, 3.63) is 35.1 Å². The number of nitrogens with one attached hydrogen (secondary N) is 1. The van der Waals surface area contributed by atoms with Crippen LogP contribution in [0.1, 0.15) is 55.7 Å². The summed E-state index contributed by atoms with van der Waals surface area (Å²) >= 11 is 0. The molecule has 1 aromatic carbocycles. The van der Waals surface area contributed by atoms with Gasteiger partial charge >= 0.3 is 5.97 Å². The molecule has 1 aromatic heterocycles. The monoisotopic (exact) mass is 382 g/mol. The van der Waals surface area contributed by atoms with Crippen molar-refractivity contribution in [1.29, 1.82) is 5.26 Å². The molecule has 1 aliphatic rings. The first-order valence-electron chi connectivity index (χ1n) is 9.74. The van der Waals surface area contributed by atoms with Crippen molar-refractivity contribution in [2.75, 3.05) is 0 Å². The van der Waals surface area contributed by atoms with Gasteiger partial charge in [0, 0.05) is 10.9 Å². The zero-order chi connectivity index (χ0) is 20.3. The predicted molar refractivity (Wildman–Crippen MR) is 105 cm³/mol. The smallest absolute Gasteiger partial charge is 0.311 e. The molecule has 1 amide bonds. The molecule has 1 fully saturated rings. The number of carbonyl (C=O) groups is 2. The number of fused-ring (bicyclic) bond motifs is 1. The van der Waals surface area contributed by atoms with Crippen molar-refractivity contribution >= 4 is 22.8 Å². The Bertz CT molecular complexity index is 932. The van der Waals surface area contributed by atoms with Gasteiger partial charge in [-0.25, -0.2) is 0 Å². The van der Waals surface area contributed by atoms with Gasteiger partial charge in [-0.05, 0) is 56.9 Å². The highest BCUT2D eigenvalue weighted by molar-refractivity contribution is 5.88. The van der Waals surface area contributed by atoms with Crippen LogP contribution >= 0.6 is 0 Å². The number of rotatable bonds is 5. The van der Waals surface area contributed by atoms with E-state index in [4.69, 9.17) is 9.15 Å². The third kappa shape index (κ3) is 4.19. The molecule has 1 aliphatic carbocycles. The van der Waals surface area contributed by atoms with E-state index in [-0.39, 0.29) is 6.42 Å². The Morgan fingerprint density at radius 1 is 1.25 bits per heavy atom. The van der Waals surface area contributed by atoms with E-state index in [0.717, 1.165) is 46.9 Å². The summed E-state index contributed by atoms with van der Waals surface area (Å²) in [6.07, 6.45) is 4.79. The van der Waals surface area contributed by atoms with Crippen LogP contribution in [0, 0.1) is 25.2 Å². The number of furan rings is 1. The molecular formula is C22H26N2O4. The van der Waals surface area contributed by atoms with Crippen molar-refractivity contribution in [1.82, 2.24) is 5.32 Å². The third-order valence-electron chi connectivity index (χ3n) is 5.57. The van der Waals surface area contributed by atoms with E-state index in [1.165, 1.54) is 6.92 Å². The minimum Gasteiger partial charge on any atom is -0.464 e. The number of benzene rings is 1. The molecule has 0 unspecified atom stereocenters. The molecule has 1 saturated carbocycles. The van der Waals surface area contributed by atoms with E-state index in [9.17, 15) is 14.9 Å². The first-order chi connectivity index (χ1) is 13.3. The molecule has 0 aliphatic heterocycles. The Morgan fingerprint density at radius 3 is 2.61 bits per heavy atom. The van der Waals surface area contributed by atoms with Crippen LogP contribution < -0.4 is 5.32 Å². The number of carbonyl (C=O) groups excluding carboxylic acids is 2. The van der Waals surface area contributed by atoms with Crippen LogP contribution in [0.5, 0.6) is 0 Å². The van der Waals surface area contributed by atoms with E-state index >= 15 is 0 Å². The highest BCUT2D eigenvalue weighted by Gasteiger charge is 2.35. The maximum absolute atomic E-state index is 12.4. The summed E-state index contributed by atoms with van der Waals surface area (Å²) in [5, 5.41) is 13.2. The zero-order valence-corrected chi connectivity index (χ0v) is 16.6. The lowest BCUT2D eigenvalue weighted by atomic mass is 9.83. The molecule has 0 saturated heterocycles. The Morgan fingerprint density at radius 2 is 1.93 bits per heavy atom. The predicted octanol–water partition coefficient (Wildman–Crippen LogP) is 3.87. The first kappa shape index (κ1) is 19.9. The summed E-state index contributed by atoms with van der Waals surface area (Å²) in [6.45, 7) is 5.54. The van der Waals surface area contributed by atoms with Crippen LogP contribution in [0.15, 0.2) is 22.8 Å². The molecule has 2 aromatic rings. The average Bonchev–Trinajstić information content (AvgIpc) is 3.04. The molecule has 0 radical (unpaired) electrons. The van der Waals surface area contributed by atoms with Gasteiger partial charge in [-0.1, -0.05) is 19.3 Å². The molecule has 28 heavy (non-hydrogen) atoms. The van der Waals surface area contributed by atoms with Gasteiger partial charge in [0.1, 0.15) is 11.1 Å². The second kappa shape index (κ2) is 8.05. The largest absolute Gasteiger partial charge is 0.464 e. The summed E-state index contributed by atoms with van der Waals surface area (Å²) in [5.41, 5.74) is 2.86. The van der Waals surface area contributed by atoms with Crippen molar-refractivity contribution in [3.63, 3.8) is 0 Å². The molecule has 6 heteroatoms. The number of aryl methyl sites for hydroxylation is 2. The molecule has 0 spiro atoms. The average molecular weight is 382 g/mol. The topological polar surface area (TPSA) is 92.3 Å². The summed E-state index contributed by atoms with van der Waals surface area (Å²) in [6, 6.07) is 6.18. The van der Waals surface area contributed by atoms with Crippen LogP contribution in [0.25, 0.3) is 11.0 Å². The van der Waals surface area contributed by atoms with Crippen molar-refractivity contribution in [2.24, 2.45) is 0 Å². The Hall–Kier alpha value is -2.81. The maximum Gasteiger partial charge on any atom is 0.311 e. The van der Waals surface area contributed by atoms with Crippen LogP contribution in [0.4, 0.5) is 0 Å². The van der Waals surface area contributed by atoms with Crippen LogP contribution in [-0.4, -0.2) is 23.5 Å². The van der Waals surface area contributed by atoms with E-state index in [2.05, 4.69) is 11.4 Å². The normalized spacial score (nSPS) is 16.9. The first-order valence-corrected chi connectivity index (χ1v) is 9.74. The van der Waals surface area contributed by atoms with Crippen LogP contribution in [-0.2, 0) is 20.7 Å². The van der Waals surface area contributed by atoms with Crippen LogP contribution in [0.2, 0.25) is 0 Å². The maximum atomic E-state index is 12.4. The van der Waals surface area contributed by atoms with Gasteiger partial charge in [0.25, 0.3) is 5.91 Å². The zero-order valence-electron chi connectivity index (χ0n) is 16.6. The molecule has 1 atom stereocenters. The number of hydrogen-bond acceptors (Lipinski definition) is 5. The molecule has 1 heterocycles. The van der Waals surface area contributed by atoms with Gasteiger partial charge in [0.2, 0.25) is 0 Å². The second-order valence-corrected chi connectivity index (χ2v) is 7.75. The Labute approximate surface area is 164 Å². The van der Waals surface area contributed by atoms with E-state index in [0.29, 0.717) is 12.8 Å². The fourth-order valence-electron chi connectivity index (χ4n) is 3.68. The number of nitriles is 1. The highest BCUT2D eigenvalue weighted by Crippen LogP contribution is 2.28. The van der Waals surface area contributed by atoms with Gasteiger partial charge in [0.15, 0.2) is 6.10 Å². The van der Waals surface area contributed by atoms with Gasteiger partial charge in [-0.2, -0.15) is 5.26 Å². The van der Waals surface area contributed by atoms with Gasteiger partial charge in [0.05, 0.1) is 18.8 Å². The molecule has 148 valence electrons. The highest BCUT2D eigenvalue weighted by atomic mass is 16.5. The number of nitrogens with zero attached hydrogens (tertiary/aromatic N) is 1. The van der Waals surface area contributed by atoms with E-state index < -0.39 is 23.5 Å². The van der Waals surface area contributed by atoms with Gasteiger partial charge in [-0.3, -0.25) is 9.59 Å². The Balaban J connectivity index is 1.62. The van der Waals surface area contributed by atoms with Gasteiger partial charge < -0.3 is 14.5 Å². The quantitative estimate of drug-likeness (QED) is 0.793. The fraction of sp³-hybridized carbons (Fsp3) is 0.500. The number of esters is 1. The van der Waals surface area contributed by atoms with E-state index in [1.807, 2.05) is 26.0 Å². The molecular weight excluding hydrogens is 356 g/mol. The SMILES string of the molecule is Cc1cc2occ(CC(=O)O[C@H](C)C(=O)NC3(C#N)CCCCC3)c2cc1C. The number of amides is 1. The number of ether oxygens (including phenoxy) is 1. The minimum atomic E-state index is -0.957. The van der Waals surface area contributed by atoms with Gasteiger partial charge in [-0.15, -0.1) is 0 Å². The lowest BCUT2D eigenvalue weighted by Crippen LogP contribution is -2.52. The molecule has 6 nitrogen and oxygen atoms in total. The summed E-state index contributed by atoms with van der Waals surface area (Å²) in [4.78, 5) is 24.8. The van der Waals surface area contributed by atoms with Crippen LogP contribution in [0.3, 0.4) is 0 Å². The van der Waals surface area contributed by atoms with Crippen molar-refractivity contribution in [3.8, 4) is 6.07 Å². The number of hydrogen-bond donors (Lipinski definition) is 1. The molecule has 1 N–H and O–H groups in total. The standard InChI is InChI=1S/C22H26N2O4/c1-14-9-18-17(12-27-19(18)10-15(14)2)11-20(25)28-16(3)21(26)24-22(13-23)7-5-4-6-8-22/h9-10,12,16H,4-8,11H2,1-3H3,(H,24,26)/t16-/m1/s1.